The molecule has 0 radical (unpaired) electrons. The van der Waals surface area contributed by atoms with Gasteiger partial charge in [0.05, 0.1) is 5.75 Å². The normalized spacial score (nSPS) is 15.8. The van der Waals surface area contributed by atoms with Gasteiger partial charge < -0.3 is 11.1 Å². The molecular weight excluding hydrogens is 414 g/mol. The highest BCUT2D eigenvalue weighted by Crippen LogP contribution is 2.24. The van der Waals surface area contributed by atoms with Crippen LogP contribution in [-0.2, 0) is 20.6 Å². The van der Waals surface area contributed by atoms with Crippen molar-refractivity contribution in [3.05, 3.63) is 64.7 Å². The molecule has 3 rings (SSSR count). The van der Waals surface area contributed by atoms with Gasteiger partial charge in [-0.1, -0.05) is 29.8 Å². The molecule has 1 aliphatic heterocycles. The van der Waals surface area contributed by atoms with Crippen molar-refractivity contribution in [2.24, 2.45) is 11.7 Å². The molecule has 1 heterocycles. The fourth-order valence-electron chi connectivity index (χ4n) is 3.27. The van der Waals surface area contributed by atoms with Gasteiger partial charge >= 0.3 is 0 Å². The number of anilines is 1. The molecule has 1 fully saturated rings. The summed E-state index contributed by atoms with van der Waals surface area (Å²) in [6.45, 7) is 0.574. The molecule has 1 saturated heterocycles. The van der Waals surface area contributed by atoms with Gasteiger partial charge in [-0.05, 0) is 48.7 Å². The summed E-state index contributed by atoms with van der Waals surface area (Å²) in [5.74, 6) is -1.16. The van der Waals surface area contributed by atoms with Crippen LogP contribution in [0.2, 0.25) is 5.02 Å². The molecule has 0 unspecified atom stereocenters. The molecule has 0 atom stereocenters. The van der Waals surface area contributed by atoms with E-state index in [1.807, 2.05) is 0 Å². The van der Waals surface area contributed by atoms with Crippen LogP contribution in [-0.4, -0.2) is 37.6 Å². The van der Waals surface area contributed by atoms with E-state index >= 15 is 0 Å². The van der Waals surface area contributed by atoms with E-state index in [2.05, 4.69) is 5.32 Å². The predicted octanol–water partition coefficient (Wildman–Crippen LogP) is 2.62. The quantitative estimate of drug-likeness (QED) is 0.726. The van der Waals surface area contributed by atoms with Gasteiger partial charge in [-0.15, -0.1) is 0 Å². The molecular formula is C20H22ClN3O4S. The number of amides is 2. The SMILES string of the molecule is NC(=O)c1cccc(NC(=O)C2CCN(S(=O)(=O)Cc3ccc(Cl)cc3)CC2)c1. The minimum absolute atomic E-state index is 0.0963. The summed E-state index contributed by atoms with van der Waals surface area (Å²) in [7, 11) is -3.47. The van der Waals surface area contributed by atoms with Crippen molar-refractivity contribution in [2.45, 2.75) is 18.6 Å². The van der Waals surface area contributed by atoms with Crippen molar-refractivity contribution in [1.82, 2.24) is 4.31 Å². The van der Waals surface area contributed by atoms with Crippen LogP contribution >= 0.6 is 11.6 Å². The van der Waals surface area contributed by atoms with E-state index in [0.717, 1.165) is 0 Å². The van der Waals surface area contributed by atoms with Gasteiger partial charge in [0, 0.05) is 35.3 Å². The largest absolute Gasteiger partial charge is 0.366 e. The van der Waals surface area contributed by atoms with Gasteiger partial charge in [0.15, 0.2) is 0 Å². The van der Waals surface area contributed by atoms with E-state index in [4.69, 9.17) is 17.3 Å². The monoisotopic (exact) mass is 435 g/mol. The number of rotatable bonds is 6. The summed E-state index contributed by atoms with van der Waals surface area (Å²) >= 11 is 5.84. The molecule has 1 aliphatic rings. The number of carbonyl (C=O) groups excluding carboxylic acids is 2. The maximum Gasteiger partial charge on any atom is 0.248 e. The highest BCUT2D eigenvalue weighted by Gasteiger charge is 2.31. The molecule has 2 aromatic carbocycles. The Morgan fingerprint density at radius 2 is 1.76 bits per heavy atom. The first-order valence-electron chi connectivity index (χ1n) is 9.17. The summed E-state index contributed by atoms with van der Waals surface area (Å²) in [6.07, 6.45) is 0.863. The van der Waals surface area contributed by atoms with Crippen LogP contribution < -0.4 is 11.1 Å². The maximum absolute atomic E-state index is 12.7. The number of benzene rings is 2. The Labute approximate surface area is 174 Å². The molecule has 0 spiro atoms. The summed E-state index contributed by atoms with van der Waals surface area (Å²) in [5.41, 5.74) is 6.73. The fraction of sp³-hybridized carbons (Fsp3) is 0.300. The van der Waals surface area contributed by atoms with Crippen LogP contribution in [0.1, 0.15) is 28.8 Å². The van der Waals surface area contributed by atoms with Crippen molar-refractivity contribution >= 4 is 39.1 Å². The molecule has 2 amide bonds. The van der Waals surface area contributed by atoms with Gasteiger partial charge in [-0.3, -0.25) is 9.59 Å². The average molecular weight is 436 g/mol. The summed E-state index contributed by atoms with van der Waals surface area (Å²) < 4.78 is 26.7. The van der Waals surface area contributed by atoms with E-state index in [0.29, 0.717) is 34.7 Å². The zero-order valence-corrected chi connectivity index (χ0v) is 17.2. The first-order chi connectivity index (χ1) is 13.7. The van der Waals surface area contributed by atoms with Crippen molar-refractivity contribution in [2.75, 3.05) is 18.4 Å². The molecule has 7 nitrogen and oxygen atoms in total. The zero-order valence-electron chi connectivity index (χ0n) is 15.7. The average Bonchev–Trinajstić information content (AvgIpc) is 2.70. The molecule has 3 N–H and O–H groups in total. The number of hydrogen-bond acceptors (Lipinski definition) is 4. The number of piperidine rings is 1. The third-order valence-corrected chi connectivity index (χ3v) is 7.00. The second-order valence-electron chi connectivity index (χ2n) is 6.99. The number of sulfonamides is 1. The molecule has 0 bridgehead atoms. The van der Waals surface area contributed by atoms with Crippen molar-refractivity contribution < 1.29 is 18.0 Å². The van der Waals surface area contributed by atoms with Crippen molar-refractivity contribution in [3.8, 4) is 0 Å². The van der Waals surface area contributed by atoms with Crippen LogP contribution in [0.3, 0.4) is 0 Å². The van der Waals surface area contributed by atoms with Gasteiger partial charge in [0.25, 0.3) is 0 Å². The third kappa shape index (κ3) is 5.56. The van der Waals surface area contributed by atoms with Crippen LogP contribution in [0, 0.1) is 5.92 Å². The summed E-state index contributed by atoms with van der Waals surface area (Å²) in [5, 5.41) is 3.33. The molecule has 0 saturated carbocycles. The standard InChI is InChI=1S/C20H22ClN3O4S/c21-17-6-4-14(5-7-17)13-29(27,28)24-10-8-15(9-11-24)20(26)23-18-3-1-2-16(12-18)19(22)25/h1-7,12,15H,8-11,13H2,(H2,22,25)(H,23,26). The predicted molar refractivity (Wildman–Crippen MR) is 112 cm³/mol. The number of primary amides is 1. The smallest absolute Gasteiger partial charge is 0.248 e. The zero-order chi connectivity index (χ0) is 21.0. The lowest BCUT2D eigenvalue weighted by Gasteiger charge is -2.30. The van der Waals surface area contributed by atoms with Gasteiger partial charge in [-0.25, -0.2) is 12.7 Å². The highest BCUT2D eigenvalue weighted by molar-refractivity contribution is 7.88. The van der Waals surface area contributed by atoms with E-state index in [9.17, 15) is 18.0 Å². The second kappa shape index (κ2) is 8.94. The van der Waals surface area contributed by atoms with Gasteiger partial charge in [0.1, 0.15) is 0 Å². The lowest BCUT2D eigenvalue weighted by atomic mass is 9.97. The molecule has 0 aliphatic carbocycles. The topological polar surface area (TPSA) is 110 Å². The van der Waals surface area contributed by atoms with Crippen LogP contribution in [0.25, 0.3) is 0 Å². The number of nitrogens with zero attached hydrogens (tertiary/aromatic N) is 1. The molecule has 0 aromatic heterocycles. The third-order valence-electron chi connectivity index (χ3n) is 4.90. The Bertz CT molecular complexity index is 1000. The summed E-state index contributed by atoms with van der Waals surface area (Å²) in [6, 6.07) is 13.1. The first kappa shape index (κ1) is 21.3. The first-order valence-corrected chi connectivity index (χ1v) is 11.2. The molecule has 154 valence electrons. The van der Waals surface area contributed by atoms with Gasteiger partial charge in [0.2, 0.25) is 21.8 Å². The number of nitrogens with one attached hydrogen (secondary N) is 1. The van der Waals surface area contributed by atoms with Crippen molar-refractivity contribution in [3.63, 3.8) is 0 Å². The van der Waals surface area contributed by atoms with E-state index < -0.39 is 15.9 Å². The number of halogens is 1. The van der Waals surface area contributed by atoms with Crippen LogP contribution in [0.5, 0.6) is 0 Å². The molecule has 9 heteroatoms. The Morgan fingerprint density at radius 1 is 1.10 bits per heavy atom. The Morgan fingerprint density at radius 3 is 2.38 bits per heavy atom. The number of nitrogens with two attached hydrogens (primary N) is 1. The molecule has 29 heavy (non-hydrogen) atoms. The number of carbonyl (C=O) groups is 2. The van der Waals surface area contributed by atoms with E-state index in [-0.39, 0.29) is 30.7 Å². The summed E-state index contributed by atoms with van der Waals surface area (Å²) in [4.78, 5) is 23.8. The van der Waals surface area contributed by atoms with Gasteiger partial charge in [-0.2, -0.15) is 0 Å². The van der Waals surface area contributed by atoms with Crippen molar-refractivity contribution in [1.29, 1.82) is 0 Å². The maximum atomic E-state index is 12.7. The van der Waals surface area contributed by atoms with E-state index in [1.165, 1.54) is 10.4 Å². The minimum Gasteiger partial charge on any atom is -0.366 e. The van der Waals surface area contributed by atoms with Crippen LogP contribution in [0.4, 0.5) is 5.69 Å². The second-order valence-corrected chi connectivity index (χ2v) is 9.40. The fourth-order valence-corrected chi connectivity index (χ4v) is 4.96. The Kier molecular flexibility index (Phi) is 6.56. The van der Waals surface area contributed by atoms with E-state index in [1.54, 1.807) is 42.5 Å². The molecule has 2 aromatic rings. The lowest BCUT2D eigenvalue weighted by molar-refractivity contribution is -0.120. The lowest BCUT2D eigenvalue weighted by Crippen LogP contribution is -2.41. The Hall–Kier alpha value is -2.42. The van der Waals surface area contributed by atoms with Crippen LogP contribution in [0.15, 0.2) is 48.5 Å². The highest BCUT2D eigenvalue weighted by atomic mass is 35.5. The minimum atomic E-state index is -3.47. The Balaban J connectivity index is 1.56. The number of hydrogen-bond donors (Lipinski definition) is 2.